The van der Waals surface area contributed by atoms with E-state index >= 15 is 0 Å². The largest absolute Gasteiger partial charge is 0.401 e. The second-order valence-electron chi connectivity index (χ2n) is 4.93. The fraction of sp³-hybridized carbons (Fsp3) is 0.462. The van der Waals surface area contributed by atoms with Crippen molar-refractivity contribution in [1.29, 1.82) is 0 Å². The van der Waals surface area contributed by atoms with Crippen LogP contribution in [0.15, 0.2) is 16.6 Å². The minimum atomic E-state index is -4.30. The first-order chi connectivity index (χ1) is 10.2. The second-order valence-corrected chi connectivity index (χ2v) is 5.85. The molecule has 0 bridgehead atoms. The van der Waals surface area contributed by atoms with E-state index in [4.69, 9.17) is 0 Å². The number of halogens is 6. The molecule has 1 aromatic rings. The Bertz CT molecular complexity index is 570. The number of nitrogens with zero attached hydrogens (tertiary/aromatic N) is 2. The normalized spacial score (nSPS) is 16.9. The van der Waals surface area contributed by atoms with Crippen LogP contribution < -0.4 is 0 Å². The number of carbonyl (C=O) groups excluding carboxylic acids is 1. The van der Waals surface area contributed by atoms with Crippen molar-refractivity contribution in [3.63, 3.8) is 0 Å². The molecule has 3 nitrogen and oxygen atoms in total. The van der Waals surface area contributed by atoms with Crippen LogP contribution in [0.25, 0.3) is 0 Å². The van der Waals surface area contributed by atoms with Crippen molar-refractivity contribution in [1.82, 2.24) is 9.80 Å². The third kappa shape index (κ3) is 4.16. The maximum absolute atomic E-state index is 13.7. The van der Waals surface area contributed by atoms with Crippen molar-refractivity contribution in [2.75, 3.05) is 32.7 Å². The predicted octanol–water partition coefficient (Wildman–Crippen LogP) is 3.05. The number of amides is 1. The molecule has 2 rings (SSSR count). The van der Waals surface area contributed by atoms with E-state index < -0.39 is 35.8 Å². The second kappa shape index (κ2) is 6.49. The first-order valence-corrected chi connectivity index (χ1v) is 7.19. The molecule has 1 saturated heterocycles. The molecule has 0 atom stereocenters. The van der Waals surface area contributed by atoms with Crippen molar-refractivity contribution in [2.45, 2.75) is 6.18 Å². The Kier molecular flexibility index (Phi) is 5.06. The summed E-state index contributed by atoms with van der Waals surface area (Å²) < 4.78 is 64.1. The van der Waals surface area contributed by atoms with E-state index in [1.54, 1.807) is 0 Å². The number of rotatable bonds is 2. The summed E-state index contributed by atoms with van der Waals surface area (Å²) in [5.74, 6) is -3.15. The Morgan fingerprint density at radius 1 is 1.14 bits per heavy atom. The average molecular weight is 387 g/mol. The Morgan fingerprint density at radius 3 is 2.27 bits per heavy atom. The van der Waals surface area contributed by atoms with Crippen LogP contribution in [0.2, 0.25) is 0 Å². The monoisotopic (exact) mass is 386 g/mol. The number of alkyl halides is 3. The van der Waals surface area contributed by atoms with Gasteiger partial charge in [-0.2, -0.15) is 13.2 Å². The molecule has 1 aliphatic rings. The lowest BCUT2D eigenvalue weighted by atomic mass is 10.1. The van der Waals surface area contributed by atoms with E-state index in [-0.39, 0.29) is 30.7 Å². The summed E-state index contributed by atoms with van der Waals surface area (Å²) in [6.07, 6.45) is -4.30. The van der Waals surface area contributed by atoms with Crippen molar-refractivity contribution >= 4 is 21.8 Å². The minimum absolute atomic E-state index is 0.0302. The zero-order valence-electron chi connectivity index (χ0n) is 11.3. The van der Waals surface area contributed by atoms with Crippen LogP contribution in [0, 0.1) is 11.6 Å². The first kappa shape index (κ1) is 17.1. The number of hydrogen-bond acceptors (Lipinski definition) is 2. The molecule has 0 unspecified atom stereocenters. The highest BCUT2D eigenvalue weighted by Crippen LogP contribution is 2.22. The standard InChI is InChI=1S/C13H12BrF5N2O/c14-8-5-9(11(16)10(15)6-8)12(22)21-3-1-20(2-4-21)7-13(17,18)19/h5-6H,1-4,7H2. The van der Waals surface area contributed by atoms with Crippen LogP contribution in [0.3, 0.4) is 0 Å². The molecule has 1 aliphatic heterocycles. The zero-order valence-corrected chi connectivity index (χ0v) is 12.8. The Hall–Kier alpha value is -1.22. The lowest BCUT2D eigenvalue weighted by molar-refractivity contribution is -0.148. The molecule has 0 radical (unpaired) electrons. The molecule has 1 fully saturated rings. The molecule has 0 N–H and O–H groups in total. The van der Waals surface area contributed by atoms with Crippen molar-refractivity contribution in [3.05, 3.63) is 33.8 Å². The highest BCUT2D eigenvalue weighted by Gasteiger charge is 2.33. The van der Waals surface area contributed by atoms with Crippen molar-refractivity contribution in [3.8, 4) is 0 Å². The van der Waals surface area contributed by atoms with Gasteiger partial charge in [-0.3, -0.25) is 9.69 Å². The molecule has 1 amide bonds. The van der Waals surface area contributed by atoms with E-state index in [0.717, 1.165) is 12.1 Å². The van der Waals surface area contributed by atoms with Gasteiger partial charge in [0.25, 0.3) is 5.91 Å². The van der Waals surface area contributed by atoms with Crippen LogP contribution in [0.1, 0.15) is 10.4 Å². The fourth-order valence-corrected chi connectivity index (χ4v) is 2.67. The molecule has 1 aromatic carbocycles. The topological polar surface area (TPSA) is 23.6 Å². The zero-order chi connectivity index (χ0) is 16.5. The van der Waals surface area contributed by atoms with E-state index in [0.29, 0.717) is 0 Å². The third-order valence-corrected chi connectivity index (χ3v) is 3.74. The maximum atomic E-state index is 13.7. The lowest BCUT2D eigenvalue weighted by Gasteiger charge is -2.35. The van der Waals surface area contributed by atoms with Gasteiger partial charge >= 0.3 is 6.18 Å². The quantitative estimate of drug-likeness (QED) is 0.576. The summed E-state index contributed by atoms with van der Waals surface area (Å²) in [6, 6.07) is 2.05. The van der Waals surface area contributed by atoms with Gasteiger partial charge in [0, 0.05) is 30.7 Å². The van der Waals surface area contributed by atoms with Gasteiger partial charge in [0.05, 0.1) is 12.1 Å². The Morgan fingerprint density at radius 2 is 1.73 bits per heavy atom. The highest BCUT2D eigenvalue weighted by molar-refractivity contribution is 9.10. The predicted molar refractivity (Wildman–Crippen MR) is 72.5 cm³/mol. The van der Waals surface area contributed by atoms with Crippen molar-refractivity contribution in [2.24, 2.45) is 0 Å². The third-order valence-electron chi connectivity index (χ3n) is 3.29. The Balaban J connectivity index is 2.04. The van der Waals surface area contributed by atoms with E-state index in [2.05, 4.69) is 15.9 Å². The van der Waals surface area contributed by atoms with E-state index in [1.807, 2.05) is 0 Å². The molecule has 9 heteroatoms. The van der Waals surface area contributed by atoms with Gasteiger partial charge in [-0.05, 0) is 12.1 Å². The first-order valence-electron chi connectivity index (χ1n) is 6.40. The number of piperazine rings is 1. The molecular formula is C13H12BrF5N2O. The smallest absolute Gasteiger partial charge is 0.336 e. The fourth-order valence-electron chi connectivity index (χ4n) is 2.24. The van der Waals surface area contributed by atoms with Crippen LogP contribution in [0.5, 0.6) is 0 Å². The van der Waals surface area contributed by atoms with Gasteiger partial charge in [-0.1, -0.05) is 15.9 Å². The molecule has 22 heavy (non-hydrogen) atoms. The van der Waals surface area contributed by atoms with Crippen LogP contribution in [0.4, 0.5) is 22.0 Å². The SMILES string of the molecule is O=C(c1cc(Br)cc(F)c1F)N1CCN(CC(F)(F)F)CC1. The summed E-state index contributed by atoms with van der Waals surface area (Å²) in [6.45, 7) is -0.924. The van der Waals surface area contributed by atoms with E-state index in [9.17, 15) is 26.7 Å². The van der Waals surface area contributed by atoms with Gasteiger partial charge in [0.2, 0.25) is 0 Å². The summed E-state index contributed by atoms with van der Waals surface area (Å²) in [5.41, 5.74) is -0.434. The lowest BCUT2D eigenvalue weighted by Crippen LogP contribution is -2.51. The Labute approximate surface area is 131 Å². The summed E-state index contributed by atoms with van der Waals surface area (Å²) in [5, 5.41) is 0. The minimum Gasteiger partial charge on any atom is -0.336 e. The highest BCUT2D eigenvalue weighted by atomic mass is 79.9. The average Bonchev–Trinajstić information content (AvgIpc) is 2.41. The molecule has 0 spiro atoms. The van der Waals surface area contributed by atoms with E-state index in [1.165, 1.54) is 9.80 Å². The van der Waals surface area contributed by atoms with Gasteiger partial charge in [0.15, 0.2) is 11.6 Å². The molecule has 0 aromatic heterocycles. The summed E-state index contributed by atoms with van der Waals surface area (Å²) in [4.78, 5) is 14.6. The maximum Gasteiger partial charge on any atom is 0.401 e. The number of hydrogen-bond donors (Lipinski definition) is 0. The summed E-state index contributed by atoms with van der Waals surface area (Å²) >= 11 is 2.97. The summed E-state index contributed by atoms with van der Waals surface area (Å²) in [7, 11) is 0. The molecule has 0 saturated carbocycles. The van der Waals surface area contributed by atoms with Crippen molar-refractivity contribution < 1.29 is 26.7 Å². The van der Waals surface area contributed by atoms with Crippen LogP contribution in [-0.4, -0.2) is 54.6 Å². The number of carbonyl (C=O) groups is 1. The number of benzene rings is 1. The van der Waals surface area contributed by atoms with Gasteiger partial charge in [-0.25, -0.2) is 8.78 Å². The molecular weight excluding hydrogens is 375 g/mol. The molecule has 0 aliphatic carbocycles. The van der Waals surface area contributed by atoms with Crippen LogP contribution in [-0.2, 0) is 0 Å². The van der Waals surface area contributed by atoms with Crippen LogP contribution >= 0.6 is 15.9 Å². The van der Waals surface area contributed by atoms with Gasteiger partial charge in [-0.15, -0.1) is 0 Å². The van der Waals surface area contributed by atoms with Gasteiger partial charge in [0.1, 0.15) is 0 Å². The van der Waals surface area contributed by atoms with Gasteiger partial charge < -0.3 is 4.90 Å². The molecule has 1 heterocycles. The molecule has 122 valence electrons.